The summed E-state index contributed by atoms with van der Waals surface area (Å²) in [6, 6.07) is 7.59. The number of nitrogens with two attached hydrogens (primary N) is 1. The highest BCUT2D eigenvalue weighted by molar-refractivity contribution is 5.97. The SMILES string of the molecule is N#Cc1ccc(-c2cc(=O)n(CC(=O)N3CCN(C(N)=O)CC3)cn2)c(NC(=O)C2CC2)c1. The second-order valence-electron chi connectivity index (χ2n) is 8.08. The van der Waals surface area contributed by atoms with Crippen LogP contribution in [-0.4, -0.2) is 63.4 Å². The normalized spacial score (nSPS) is 15.6. The second-order valence-corrected chi connectivity index (χ2v) is 8.08. The monoisotopic (exact) mass is 449 g/mol. The summed E-state index contributed by atoms with van der Waals surface area (Å²) in [4.78, 5) is 56.1. The molecule has 0 atom stereocenters. The van der Waals surface area contributed by atoms with Crippen LogP contribution in [0.1, 0.15) is 18.4 Å². The van der Waals surface area contributed by atoms with Gasteiger partial charge in [-0.3, -0.25) is 19.0 Å². The highest BCUT2D eigenvalue weighted by atomic mass is 16.2. The molecular formula is C22H23N7O4. The molecule has 0 unspecified atom stereocenters. The number of aromatic nitrogens is 2. The lowest BCUT2D eigenvalue weighted by atomic mass is 10.1. The largest absolute Gasteiger partial charge is 0.351 e. The number of primary amides is 1. The predicted molar refractivity (Wildman–Crippen MR) is 118 cm³/mol. The molecule has 3 N–H and O–H groups in total. The molecular weight excluding hydrogens is 426 g/mol. The van der Waals surface area contributed by atoms with Crippen molar-refractivity contribution in [2.24, 2.45) is 11.7 Å². The van der Waals surface area contributed by atoms with Crippen molar-refractivity contribution in [3.05, 3.63) is 46.5 Å². The smallest absolute Gasteiger partial charge is 0.314 e. The lowest BCUT2D eigenvalue weighted by Crippen LogP contribution is -2.52. The third-order valence-corrected chi connectivity index (χ3v) is 5.76. The fraction of sp³-hybridized carbons (Fsp3) is 0.364. The van der Waals surface area contributed by atoms with Crippen molar-refractivity contribution in [2.75, 3.05) is 31.5 Å². The van der Waals surface area contributed by atoms with Gasteiger partial charge in [0.05, 0.1) is 29.3 Å². The molecule has 1 saturated carbocycles. The van der Waals surface area contributed by atoms with Crippen LogP contribution in [0.4, 0.5) is 10.5 Å². The summed E-state index contributed by atoms with van der Waals surface area (Å²) in [5.74, 6) is -0.409. The van der Waals surface area contributed by atoms with Crippen molar-refractivity contribution < 1.29 is 14.4 Å². The van der Waals surface area contributed by atoms with Gasteiger partial charge in [-0.25, -0.2) is 9.78 Å². The van der Waals surface area contributed by atoms with Crippen molar-refractivity contribution >= 4 is 23.5 Å². The number of nitriles is 1. The molecule has 1 aromatic carbocycles. The van der Waals surface area contributed by atoms with Gasteiger partial charge in [0.2, 0.25) is 11.8 Å². The number of anilines is 1. The molecule has 2 aliphatic rings. The molecule has 0 bridgehead atoms. The number of benzene rings is 1. The van der Waals surface area contributed by atoms with Crippen LogP contribution < -0.4 is 16.6 Å². The number of piperazine rings is 1. The van der Waals surface area contributed by atoms with Gasteiger partial charge in [-0.2, -0.15) is 5.26 Å². The summed E-state index contributed by atoms with van der Waals surface area (Å²) in [6.07, 6.45) is 2.96. The van der Waals surface area contributed by atoms with E-state index in [1.807, 2.05) is 6.07 Å². The number of hydrogen-bond acceptors (Lipinski definition) is 6. The number of nitrogens with zero attached hydrogens (tertiary/aromatic N) is 5. The average Bonchev–Trinajstić information content (AvgIpc) is 3.66. The Kier molecular flexibility index (Phi) is 6.08. The summed E-state index contributed by atoms with van der Waals surface area (Å²) in [6.45, 7) is 1.21. The van der Waals surface area contributed by atoms with E-state index in [1.165, 1.54) is 21.9 Å². The van der Waals surface area contributed by atoms with E-state index in [0.717, 1.165) is 12.8 Å². The zero-order chi connectivity index (χ0) is 23.5. The maximum Gasteiger partial charge on any atom is 0.314 e. The van der Waals surface area contributed by atoms with Crippen LogP contribution in [0.15, 0.2) is 35.4 Å². The zero-order valence-corrected chi connectivity index (χ0v) is 17.9. The van der Waals surface area contributed by atoms with Gasteiger partial charge in [-0.15, -0.1) is 0 Å². The first-order valence-corrected chi connectivity index (χ1v) is 10.6. The van der Waals surface area contributed by atoms with Gasteiger partial charge < -0.3 is 20.9 Å². The maximum atomic E-state index is 12.7. The number of carbonyl (C=O) groups excluding carboxylic acids is 3. The van der Waals surface area contributed by atoms with E-state index in [4.69, 9.17) is 5.73 Å². The molecule has 0 spiro atoms. The zero-order valence-electron chi connectivity index (χ0n) is 17.9. The third-order valence-electron chi connectivity index (χ3n) is 5.76. The van der Waals surface area contributed by atoms with Crippen LogP contribution in [0.5, 0.6) is 0 Å². The van der Waals surface area contributed by atoms with Gasteiger partial charge in [-0.1, -0.05) is 0 Å². The Hall–Kier alpha value is -4.20. The van der Waals surface area contributed by atoms with Crippen molar-refractivity contribution in [1.29, 1.82) is 5.26 Å². The number of nitrogens with one attached hydrogen (secondary N) is 1. The molecule has 1 aliphatic heterocycles. The molecule has 11 nitrogen and oxygen atoms in total. The van der Waals surface area contributed by atoms with Crippen molar-refractivity contribution in [2.45, 2.75) is 19.4 Å². The standard InChI is InChI=1S/C22H23N7O4/c23-11-14-1-4-16(18(9-14)26-21(32)15-2-3-15)17-10-19(30)29(13-25-17)12-20(31)27-5-7-28(8-6-27)22(24)33/h1,4,9-10,13,15H,2-3,5-8,12H2,(H2,24,33)(H,26,32). The number of amides is 4. The Morgan fingerprint density at radius 3 is 2.42 bits per heavy atom. The molecule has 33 heavy (non-hydrogen) atoms. The van der Waals surface area contributed by atoms with E-state index in [2.05, 4.69) is 10.3 Å². The number of carbonyl (C=O) groups is 3. The van der Waals surface area contributed by atoms with Crippen LogP contribution >= 0.6 is 0 Å². The minimum atomic E-state index is -0.520. The lowest BCUT2D eigenvalue weighted by molar-refractivity contribution is -0.133. The highest BCUT2D eigenvalue weighted by Gasteiger charge is 2.30. The van der Waals surface area contributed by atoms with Crippen molar-refractivity contribution in [1.82, 2.24) is 19.4 Å². The molecule has 1 aromatic heterocycles. The first-order valence-electron chi connectivity index (χ1n) is 10.6. The Morgan fingerprint density at radius 2 is 1.82 bits per heavy atom. The molecule has 2 fully saturated rings. The van der Waals surface area contributed by atoms with Crippen LogP contribution in [-0.2, 0) is 16.1 Å². The Labute approximate surface area is 189 Å². The van der Waals surface area contributed by atoms with E-state index < -0.39 is 11.6 Å². The molecule has 11 heteroatoms. The summed E-state index contributed by atoms with van der Waals surface area (Å²) in [7, 11) is 0. The van der Waals surface area contributed by atoms with Gasteiger partial charge >= 0.3 is 6.03 Å². The first kappa shape index (κ1) is 22.0. The first-order chi connectivity index (χ1) is 15.9. The molecule has 4 rings (SSSR count). The van der Waals surface area contributed by atoms with E-state index >= 15 is 0 Å². The van der Waals surface area contributed by atoms with Crippen molar-refractivity contribution in [3.63, 3.8) is 0 Å². The molecule has 1 saturated heterocycles. The summed E-state index contributed by atoms with van der Waals surface area (Å²) in [5, 5.41) is 12.0. The van der Waals surface area contributed by atoms with Gasteiger partial charge in [-0.05, 0) is 31.0 Å². The molecule has 2 aromatic rings. The van der Waals surface area contributed by atoms with Crippen LogP contribution in [0.3, 0.4) is 0 Å². The van der Waals surface area contributed by atoms with Gasteiger partial charge in [0.15, 0.2) is 0 Å². The molecule has 170 valence electrons. The van der Waals surface area contributed by atoms with Gasteiger partial charge in [0, 0.05) is 43.7 Å². The van der Waals surface area contributed by atoms with E-state index in [0.29, 0.717) is 48.7 Å². The minimum Gasteiger partial charge on any atom is -0.351 e. The van der Waals surface area contributed by atoms with Gasteiger partial charge in [0.1, 0.15) is 6.54 Å². The average molecular weight is 449 g/mol. The molecule has 4 amide bonds. The van der Waals surface area contributed by atoms with Crippen LogP contribution in [0.2, 0.25) is 0 Å². The fourth-order valence-corrected chi connectivity index (χ4v) is 3.63. The van der Waals surface area contributed by atoms with E-state index in [9.17, 15) is 24.4 Å². The Bertz CT molecular complexity index is 1200. The maximum absolute atomic E-state index is 12.7. The summed E-state index contributed by atoms with van der Waals surface area (Å²) < 4.78 is 1.21. The second kappa shape index (κ2) is 9.12. The quantitative estimate of drug-likeness (QED) is 0.671. The number of rotatable bonds is 5. The van der Waals surface area contributed by atoms with Gasteiger partial charge in [0.25, 0.3) is 5.56 Å². The van der Waals surface area contributed by atoms with Crippen LogP contribution in [0.25, 0.3) is 11.3 Å². The summed E-state index contributed by atoms with van der Waals surface area (Å²) in [5.41, 5.74) is 6.47. The number of hydrogen-bond donors (Lipinski definition) is 2. The van der Waals surface area contributed by atoms with E-state index in [1.54, 1.807) is 23.1 Å². The number of urea groups is 1. The molecule has 1 aliphatic carbocycles. The predicted octanol–water partition coefficient (Wildman–Crippen LogP) is 0.353. The van der Waals surface area contributed by atoms with E-state index in [-0.39, 0.29) is 24.3 Å². The molecule has 2 heterocycles. The summed E-state index contributed by atoms with van der Waals surface area (Å²) >= 11 is 0. The lowest BCUT2D eigenvalue weighted by Gasteiger charge is -2.33. The Balaban J connectivity index is 1.50. The highest BCUT2D eigenvalue weighted by Crippen LogP contribution is 2.33. The van der Waals surface area contributed by atoms with Crippen LogP contribution in [0, 0.1) is 17.2 Å². The fourth-order valence-electron chi connectivity index (χ4n) is 3.63. The van der Waals surface area contributed by atoms with Crippen molar-refractivity contribution in [3.8, 4) is 17.3 Å². The minimum absolute atomic E-state index is 0.0274. The molecule has 0 radical (unpaired) electrons. The Morgan fingerprint density at radius 1 is 1.12 bits per heavy atom. The third kappa shape index (κ3) is 5.01. The topological polar surface area (TPSA) is 154 Å².